The van der Waals surface area contributed by atoms with Crippen LogP contribution < -0.4 is 9.64 Å². The summed E-state index contributed by atoms with van der Waals surface area (Å²) in [5.74, 6) is 0.987. The van der Waals surface area contributed by atoms with E-state index < -0.39 is 0 Å². The molecule has 2 aliphatic heterocycles. The van der Waals surface area contributed by atoms with Crippen molar-refractivity contribution in [1.29, 1.82) is 0 Å². The summed E-state index contributed by atoms with van der Waals surface area (Å²) in [4.78, 5) is 17.2. The van der Waals surface area contributed by atoms with Gasteiger partial charge in [0.05, 0.1) is 24.9 Å². The maximum atomic E-state index is 12.9. The van der Waals surface area contributed by atoms with Crippen molar-refractivity contribution in [2.45, 2.75) is 32.0 Å². The number of hydrogen-bond acceptors (Lipinski definition) is 4. The topological polar surface area (TPSA) is 32.8 Å². The van der Waals surface area contributed by atoms with Crippen molar-refractivity contribution in [3.63, 3.8) is 0 Å². The van der Waals surface area contributed by atoms with E-state index in [0.29, 0.717) is 0 Å². The minimum absolute atomic E-state index is 0.00474. The van der Waals surface area contributed by atoms with Crippen LogP contribution in [0.3, 0.4) is 0 Å². The molecule has 0 spiro atoms. The number of benzene rings is 1. The molecule has 2 bridgehead atoms. The second-order valence-electron chi connectivity index (χ2n) is 6.35. The molecule has 3 heterocycles. The summed E-state index contributed by atoms with van der Waals surface area (Å²) in [5.41, 5.74) is 3.36. The van der Waals surface area contributed by atoms with Crippen LogP contribution in [0.1, 0.15) is 17.5 Å². The molecule has 0 N–H and O–H groups in total. The number of thiophene rings is 1. The van der Waals surface area contributed by atoms with Crippen molar-refractivity contribution in [3.8, 4) is 5.75 Å². The van der Waals surface area contributed by atoms with E-state index in [1.165, 1.54) is 5.56 Å². The number of amides is 1. The van der Waals surface area contributed by atoms with Crippen molar-refractivity contribution >= 4 is 22.9 Å². The average Bonchev–Trinajstić information content (AvgIpc) is 3.24. The summed E-state index contributed by atoms with van der Waals surface area (Å²) in [5, 5.41) is 4.26. The fourth-order valence-electron chi connectivity index (χ4n) is 3.76. The summed E-state index contributed by atoms with van der Waals surface area (Å²) in [7, 11) is 1.66. The lowest BCUT2D eigenvalue weighted by Gasteiger charge is -2.34. The number of nitrogens with zero attached hydrogens (tertiary/aromatic N) is 2. The number of carbonyl (C=O) groups excluding carboxylic acids is 1. The Kier molecular flexibility index (Phi) is 3.62. The van der Waals surface area contributed by atoms with Crippen molar-refractivity contribution in [2.24, 2.45) is 0 Å². The number of piperazine rings is 1. The fraction of sp³-hybridized carbons (Fsp3) is 0.389. The number of carbonyl (C=O) groups is 1. The Hall–Kier alpha value is -1.85. The lowest BCUT2D eigenvalue weighted by Crippen LogP contribution is -2.50. The van der Waals surface area contributed by atoms with Gasteiger partial charge >= 0.3 is 0 Å². The zero-order valence-electron chi connectivity index (χ0n) is 13.4. The third kappa shape index (κ3) is 2.44. The summed E-state index contributed by atoms with van der Waals surface area (Å²) in [6.45, 7) is 3.85. The Morgan fingerprint density at radius 1 is 1.35 bits per heavy atom. The van der Waals surface area contributed by atoms with E-state index in [9.17, 15) is 4.79 Å². The van der Waals surface area contributed by atoms with Gasteiger partial charge in [0.15, 0.2) is 0 Å². The number of aryl methyl sites for hydroxylation is 1. The molecule has 0 unspecified atom stereocenters. The second-order valence-corrected chi connectivity index (χ2v) is 7.13. The molecular formula is C18H20N2O2S. The molecular weight excluding hydrogens is 308 g/mol. The maximum absolute atomic E-state index is 12.9. The summed E-state index contributed by atoms with van der Waals surface area (Å²) in [6, 6.07) is 8.42. The van der Waals surface area contributed by atoms with E-state index in [1.54, 1.807) is 18.4 Å². The van der Waals surface area contributed by atoms with Gasteiger partial charge in [-0.3, -0.25) is 9.69 Å². The quantitative estimate of drug-likeness (QED) is 0.865. The van der Waals surface area contributed by atoms with Crippen molar-refractivity contribution in [3.05, 3.63) is 46.2 Å². The first-order valence-electron chi connectivity index (χ1n) is 7.90. The van der Waals surface area contributed by atoms with Crippen LogP contribution in [0.5, 0.6) is 5.75 Å². The molecule has 2 aromatic rings. The van der Waals surface area contributed by atoms with Crippen LogP contribution in [0.4, 0.5) is 5.69 Å². The maximum Gasteiger partial charge on any atom is 0.244 e. The summed E-state index contributed by atoms with van der Waals surface area (Å²) >= 11 is 1.71. The lowest BCUT2D eigenvalue weighted by molar-refractivity contribution is -0.122. The number of methoxy groups -OCH3 is 1. The minimum atomic E-state index is 0.00474. The SMILES string of the molecule is COc1ccc(C)cc1N1C(=O)[C@@H]2C[C@H]1CN2Cc1ccsc1. The summed E-state index contributed by atoms with van der Waals surface area (Å²) in [6.07, 6.45) is 0.917. The lowest BCUT2D eigenvalue weighted by atomic mass is 10.1. The van der Waals surface area contributed by atoms with E-state index >= 15 is 0 Å². The molecule has 1 amide bonds. The number of rotatable bonds is 4. The second kappa shape index (κ2) is 5.65. The number of fused-ring (bicyclic) bond motifs is 2. The van der Waals surface area contributed by atoms with Crippen LogP contribution in [0.15, 0.2) is 35.0 Å². The first-order valence-corrected chi connectivity index (χ1v) is 8.84. The largest absolute Gasteiger partial charge is 0.495 e. The Balaban J connectivity index is 1.59. The van der Waals surface area contributed by atoms with Gasteiger partial charge < -0.3 is 9.64 Å². The average molecular weight is 328 g/mol. The molecule has 23 heavy (non-hydrogen) atoms. The highest BCUT2D eigenvalue weighted by Crippen LogP contribution is 2.40. The molecule has 0 saturated carbocycles. The molecule has 2 atom stereocenters. The van der Waals surface area contributed by atoms with Crippen LogP contribution in [0, 0.1) is 6.92 Å². The predicted octanol–water partition coefficient (Wildman–Crippen LogP) is 3.05. The van der Waals surface area contributed by atoms with Gasteiger partial charge in [0.2, 0.25) is 5.91 Å². The highest BCUT2D eigenvalue weighted by molar-refractivity contribution is 7.07. The van der Waals surface area contributed by atoms with Gasteiger partial charge in [-0.05, 0) is 53.4 Å². The standard InChI is InChI=1S/C18H20N2O2S/c1-12-3-4-17(22-2)15(7-12)20-14-8-16(18(20)21)19(10-14)9-13-5-6-23-11-13/h3-7,11,14,16H,8-10H2,1-2H3/t14-,16-/m0/s1. The van der Waals surface area contributed by atoms with Gasteiger partial charge in [0.1, 0.15) is 5.75 Å². The zero-order chi connectivity index (χ0) is 16.0. The Morgan fingerprint density at radius 3 is 2.91 bits per heavy atom. The number of hydrogen-bond donors (Lipinski definition) is 0. The normalized spacial score (nSPS) is 23.7. The molecule has 1 aromatic heterocycles. The van der Waals surface area contributed by atoms with Crippen LogP contribution in [-0.2, 0) is 11.3 Å². The van der Waals surface area contributed by atoms with Crippen LogP contribution in [0.2, 0.25) is 0 Å². The molecule has 0 aliphatic carbocycles. The highest BCUT2D eigenvalue weighted by atomic mass is 32.1. The molecule has 4 rings (SSSR count). The van der Waals surface area contributed by atoms with Gasteiger partial charge in [-0.2, -0.15) is 11.3 Å². The zero-order valence-corrected chi connectivity index (χ0v) is 14.2. The number of anilines is 1. The van der Waals surface area contributed by atoms with E-state index in [0.717, 1.165) is 36.5 Å². The van der Waals surface area contributed by atoms with Gasteiger partial charge in [0, 0.05) is 13.1 Å². The number of likely N-dealkylation sites (tertiary alicyclic amines) is 1. The van der Waals surface area contributed by atoms with Crippen molar-refractivity contribution in [1.82, 2.24) is 4.90 Å². The third-order valence-corrected chi connectivity index (χ3v) is 5.56. The van der Waals surface area contributed by atoms with E-state index in [2.05, 4.69) is 27.8 Å². The molecule has 2 fully saturated rings. The van der Waals surface area contributed by atoms with Gasteiger partial charge in [-0.1, -0.05) is 6.07 Å². The van der Waals surface area contributed by atoms with Gasteiger partial charge in [0.25, 0.3) is 0 Å². The first kappa shape index (κ1) is 14.7. The molecule has 120 valence electrons. The van der Waals surface area contributed by atoms with Gasteiger partial charge in [-0.15, -0.1) is 0 Å². The molecule has 2 aliphatic rings. The van der Waals surface area contributed by atoms with Crippen LogP contribution >= 0.6 is 11.3 Å². The molecule has 1 aromatic carbocycles. The fourth-order valence-corrected chi connectivity index (χ4v) is 4.42. The highest BCUT2D eigenvalue weighted by Gasteiger charge is 2.50. The molecule has 2 saturated heterocycles. The van der Waals surface area contributed by atoms with E-state index in [-0.39, 0.29) is 18.0 Å². The predicted molar refractivity (Wildman–Crippen MR) is 92.1 cm³/mol. The number of ether oxygens (including phenoxy) is 1. The van der Waals surface area contributed by atoms with E-state index in [4.69, 9.17) is 4.74 Å². The minimum Gasteiger partial charge on any atom is -0.495 e. The van der Waals surface area contributed by atoms with Crippen molar-refractivity contribution < 1.29 is 9.53 Å². The Bertz CT molecular complexity index is 729. The van der Waals surface area contributed by atoms with Crippen LogP contribution in [-0.4, -0.2) is 36.5 Å². The van der Waals surface area contributed by atoms with Gasteiger partial charge in [-0.25, -0.2) is 0 Å². The summed E-state index contributed by atoms with van der Waals surface area (Å²) < 4.78 is 5.47. The Labute approximate surface area is 140 Å². The smallest absolute Gasteiger partial charge is 0.244 e. The monoisotopic (exact) mass is 328 g/mol. The van der Waals surface area contributed by atoms with Crippen LogP contribution in [0.25, 0.3) is 0 Å². The van der Waals surface area contributed by atoms with Crippen molar-refractivity contribution in [2.75, 3.05) is 18.6 Å². The third-order valence-electron chi connectivity index (χ3n) is 4.83. The van der Waals surface area contributed by atoms with E-state index in [1.807, 2.05) is 24.0 Å². The first-order chi connectivity index (χ1) is 11.2. The molecule has 5 heteroatoms. The Morgan fingerprint density at radius 2 is 2.22 bits per heavy atom. The molecule has 0 radical (unpaired) electrons. The molecule has 4 nitrogen and oxygen atoms in total.